The number of carbonyl (C=O) groups excluding carboxylic acids is 4. The standard InChI is InChI=1S/C22H37N3O6/c1-22(2,3)31-21(29)25-16(12-14-8-6-5-7-9-14)19(27)24-17(20(28)30-4)13-15-10-11-23-18(15)26/h14-17H,5-13H2,1-4H3,(H,23,26)(H,24,27)(H,25,29)/t15-,16-,17?/m0/s1. The number of amides is 3. The summed E-state index contributed by atoms with van der Waals surface area (Å²) in [5, 5.41) is 8.12. The minimum absolute atomic E-state index is 0.131. The van der Waals surface area contributed by atoms with Crippen molar-refractivity contribution in [2.75, 3.05) is 13.7 Å². The van der Waals surface area contributed by atoms with E-state index in [-0.39, 0.29) is 18.2 Å². The first kappa shape index (κ1) is 24.9. The summed E-state index contributed by atoms with van der Waals surface area (Å²) in [5.74, 6) is -1.25. The van der Waals surface area contributed by atoms with E-state index < -0.39 is 35.7 Å². The summed E-state index contributed by atoms with van der Waals surface area (Å²) in [6, 6.07) is -1.79. The van der Waals surface area contributed by atoms with Gasteiger partial charge in [0.05, 0.1) is 7.11 Å². The highest BCUT2D eigenvalue weighted by Gasteiger charge is 2.35. The van der Waals surface area contributed by atoms with E-state index in [0.717, 1.165) is 25.7 Å². The Hall–Kier alpha value is -2.32. The summed E-state index contributed by atoms with van der Waals surface area (Å²) in [7, 11) is 1.24. The Morgan fingerprint density at radius 3 is 2.26 bits per heavy atom. The fourth-order valence-electron chi connectivity index (χ4n) is 4.22. The van der Waals surface area contributed by atoms with Gasteiger partial charge in [-0.1, -0.05) is 32.1 Å². The molecule has 1 aliphatic heterocycles. The van der Waals surface area contributed by atoms with Gasteiger partial charge in [-0.05, 0) is 46.0 Å². The second kappa shape index (κ2) is 11.3. The normalized spacial score (nSPS) is 21.5. The van der Waals surface area contributed by atoms with Gasteiger partial charge in [-0.2, -0.15) is 0 Å². The van der Waals surface area contributed by atoms with Crippen LogP contribution in [0, 0.1) is 11.8 Å². The molecule has 1 unspecified atom stereocenters. The van der Waals surface area contributed by atoms with E-state index in [1.165, 1.54) is 13.5 Å². The van der Waals surface area contributed by atoms with Crippen LogP contribution in [0.1, 0.15) is 72.1 Å². The molecule has 0 spiro atoms. The van der Waals surface area contributed by atoms with E-state index in [1.807, 2.05) is 0 Å². The molecule has 1 heterocycles. The van der Waals surface area contributed by atoms with Crippen LogP contribution in [-0.4, -0.2) is 55.2 Å². The third-order valence-corrected chi connectivity index (χ3v) is 5.79. The first-order valence-electron chi connectivity index (χ1n) is 11.2. The fourth-order valence-corrected chi connectivity index (χ4v) is 4.22. The van der Waals surface area contributed by atoms with Gasteiger partial charge in [-0.3, -0.25) is 9.59 Å². The third-order valence-electron chi connectivity index (χ3n) is 5.79. The Labute approximate surface area is 184 Å². The van der Waals surface area contributed by atoms with Crippen LogP contribution in [0.2, 0.25) is 0 Å². The zero-order valence-corrected chi connectivity index (χ0v) is 19.1. The van der Waals surface area contributed by atoms with Crippen LogP contribution in [0.3, 0.4) is 0 Å². The summed E-state index contributed by atoms with van der Waals surface area (Å²) in [4.78, 5) is 49.7. The molecule has 2 fully saturated rings. The zero-order valence-electron chi connectivity index (χ0n) is 19.1. The molecule has 0 aromatic heterocycles. The van der Waals surface area contributed by atoms with Crippen LogP contribution < -0.4 is 16.0 Å². The minimum atomic E-state index is -0.958. The number of alkyl carbamates (subject to hydrolysis) is 1. The van der Waals surface area contributed by atoms with E-state index >= 15 is 0 Å². The quantitative estimate of drug-likeness (QED) is 0.498. The molecule has 176 valence electrons. The van der Waals surface area contributed by atoms with Crippen molar-refractivity contribution in [2.24, 2.45) is 11.8 Å². The maximum atomic E-state index is 13.1. The van der Waals surface area contributed by atoms with Crippen LogP contribution in [0.4, 0.5) is 4.79 Å². The molecule has 0 radical (unpaired) electrons. The SMILES string of the molecule is COC(=O)C(C[C@@H]1CCNC1=O)NC(=O)[C@H](CC1CCCCC1)NC(=O)OC(C)(C)C. The summed E-state index contributed by atoms with van der Waals surface area (Å²) in [6.45, 7) is 5.81. The monoisotopic (exact) mass is 439 g/mol. The smallest absolute Gasteiger partial charge is 0.408 e. The van der Waals surface area contributed by atoms with E-state index in [9.17, 15) is 19.2 Å². The van der Waals surface area contributed by atoms with Crippen molar-refractivity contribution in [3.8, 4) is 0 Å². The molecule has 0 aromatic carbocycles. The number of carbonyl (C=O) groups is 4. The number of ether oxygens (including phenoxy) is 2. The van der Waals surface area contributed by atoms with Crippen molar-refractivity contribution >= 4 is 23.9 Å². The number of hydrogen-bond donors (Lipinski definition) is 3. The molecular weight excluding hydrogens is 402 g/mol. The topological polar surface area (TPSA) is 123 Å². The van der Waals surface area contributed by atoms with Gasteiger partial charge in [0.2, 0.25) is 11.8 Å². The van der Waals surface area contributed by atoms with Crippen molar-refractivity contribution in [1.82, 2.24) is 16.0 Å². The summed E-state index contributed by atoms with van der Waals surface area (Å²) >= 11 is 0. The fraction of sp³-hybridized carbons (Fsp3) is 0.818. The molecule has 9 nitrogen and oxygen atoms in total. The molecule has 1 saturated heterocycles. The number of rotatable bonds is 8. The van der Waals surface area contributed by atoms with E-state index in [1.54, 1.807) is 20.8 Å². The van der Waals surface area contributed by atoms with Crippen LogP contribution in [-0.2, 0) is 23.9 Å². The second-order valence-electron chi connectivity index (χ2n) is 9.54. The Kier molecular flexibility index (Phi) is 9.13. The lowest BCUT2D eigenvalue weighted by molar-refractivity contribution is -0.146. The summed E-state index contributed by atoms with van der Waals surface area (Å²) in [6.07, 6.45) is 5.96. The number of methoxy groups -OCH3 is 1. The third kappa shape index (κ3) is 8.38. The van der Waals surface area contributed by atoms with Crippen molar-refractivity contribution in [2.45, 2.75) is 89.8 Å². The van der Waals surface area contributed by atoms with Crippen molar-refractivity contribution in [3.05, 3.63) is 0 Å². The predicted octanol–water partition coefficient (Wildman–Crippen LogP) is 2.03. The highest BCUT2D eigenvalue weighted by molar-refractivity contribution is 5.90. The molecule has 31 heavy (non-hydrogen) atoms. The van der Waals surface area contributed by atoms with Gasteiger partial charge in [0.25, 0.3) is 0 Å². The maximum absolute atomic E-state index is 13.1. The predicted molar refractivity (Wildman–Crippen MR) is 114 cm³/mol. The molecular formula is C22H37N3O6. The lowest BCUT2D eigenvalue weighted by Gasteiger charge is -2.29. The highest BCUT2D eigenvalue weighted by Crippen LogP contribution is 2.27. The van der Waals surface area contributed by atoms with Gasteiger partial charge >= 0.3 is 12.1 Å². The van der Waals surface area contributed by atoms with Crippen LogP contribution in [0.5, 0.6) is 0 Å². The molecule has 0 aromatic rings. The van der Waals surface area contributed by atoms with Gasteiger partial charge in [0.1, 0.15) is 17.7 Å². The summed E-state index contributed by atoms with van der Waals surface area (Å²) < 4.78 is 10.2. The number of hydrogen-bond acceptors (Lipinski definition) is 6. The Morgan fingerprint density at radius 2 is 1.71 bits per heavy atom. The van der Waals surface area contributed by atoms with Crippen LogP contribution in [0.15, 0.2) is 0 Å². The Morgan fingerprint density at radius 1 is 1.03 bits per heavy atom. The average molecular weight is 440 g/mol. The minimum Gasteiger partial charge on any atom is -0.467 e. The van der Waals surface area contributed by atoms with Gasteiger partial charge in [-0.15, -0.1) is 0 Å². The van der Waals surface area contributed by atoms with Gasteiger partial charge < -0.3 is 25.4 Å². The summed E-state index contributed by atoms with van der Waals surface area (Å²) in [5.41, 5.74) is -0.694. The molecule has 2 aliphatic rings. The average Bonchev–Trinajstić information content (AvgIpc) is 3.10. The largest absolute Gasteiger partial charge is 0.467 e. The Bertz CT molecular complexity index is 654. The second-order valence-corrected chi connectivity index (χ2v) is 9.54. The van der Waals surface area contributed by atoms with Gasteiger partial charge in [0.15, 0.2) is 0 Å². The van der Waals surface area contributed by atoms with Gasteiger partial charge in [-0.25, -0.2) is 9.59 Å². The molecule has 0 bridgehead atoms. The van der Waals surface area contributed by atoms with Crippen molar-refractivity contribution in [3.63, 3.8) is 0 Å². The molecule has 3 atom stereocenters. The first-order chi connectivity index (χ1) is 14.6. The zero-order chi connectivity index (χ0) is 23.0. The lowest BCUT2D eigenvalue weighted by atomic mass is 9.84. The van der Waals surface area contributed by atoms with Crippen molar-refractivity contribution in [1.29, 1.82) is 0 Å². The van der Waals surface area contributed by atoms with E-state index in [2.05, 4.69) is 16.0 Å². The lowest BCUT2D eigenvalue weighted by Crippen LogP contribution is -2.53. The highest BCUT2D eigenvalue weighted by atomic mass is 16.6. The molecule has 3 N–H and O–H groups in total. The van der Waals surface area contributed by atoms with Gasteiger partial charge in [0, 0.05) is 12.5 Å². The number of nitrogens with one attached hydrogen (secondary N) is 3. The maximum Gasteiger partial charge on any atom is 0.408 e. The van der Waals surface area contributed by atoms with Crippen molar-refractivity contribution < 1.29 is 28.7 Å². The molecule has 3 amide bonds. The molecule has 2 rings (SSSR count). The first-order valence-corrected chi connectivity index (χ1v) is 11.2. The van der Waals surface area contributed by atoms with E-state index in [0.29, 0.717) is 25.3 Å². The van der Waals surface area contributed by atoms with Crippen LogP contribution in [0.25, 0.3) is 0 Å². The Balaban J connectivity index is 2.08. The van der Waals surface area contributed by atoms with Crippen LogP contribution >= 0.6 is 0 Å². The molecule has 1 saturated carbocycles. The molecule has 1 aliphatic carbocycles. The number of esters is 1. The molecule has 9 heteroatoms. The van der Waals surface area contributed by atoms with E-state index in [4.69, 9.17) is 9.47 Å².